The maximum Gasteiger partial charge on any atom is 0.135 e. The highest BCUT2D eigenvalue weighted by Gasteiger charge is 2.46. The van der Waals surface area contributed by atoms with Crippen LogP contribution >= 0.6 is 0 Å². The predicted molar refractivity (Wildman–Crippen MR) is 58.4 cm³/mol. The Bertz CT molecular complexity index is 251. The van der Waals surface area contributed by atoms with Crippen LogP contribution in [0.4, 0.5) is 0 Å². The third kappa shape index (κ3) is 1.77. The number of likely N-dealkylation sites (tertiary alicyclic amines) is 1. The lowest BCUT2D eigenvalue weighted by Crippen LogP contribution is -2.57. The molecule has 0 radical (unpaired) electrons. The lowest BCUT2D eigenvalue weighted by atomic mass is 9.79. The monoisotopic (exact) mass is 208 g/mol. The van der Waals surface area contributed by atoms with Gasteiger partial charge in [0.1, 0.15) is 5.54 Å². The lowest BCUT2D eigenvalue weighted by Gasteiger charge is -2.44. The Kier molecular flexibility index (Phi) is 3.28. The fourth-order valence-corrected chi connectivity index (χ4v) is 3.11. The number of hydrogen-bond acceptors (Lipinski definition) is 3. The van der Waals surface area contributed by atoms with Gasteiger partial charge in [-0.3, -0.25) is 4.90 Å². The normalized spacial score (nSPS) is 37.7. The SMILES string of the molecule is COC1CCCCC1(C#N)N1CCCC1. The van der Waals surface area contributed by atoms with Crippen molar-refractivity contribution in [2.75, 3.05) is 20.2 Å². The van der Waals surface area contributed by atoms with Crippen molar-refractivity contribution in [1.82, 2.24) is 4.90 Å². The summed E-state index contributed by atoms with van der Waals surface area (Å²) in [7, 11) is 1.75. The van der Waals surface area contributed by atoms with Crippen LogP contribution in [0.25, 0.3) is 0 Å². The zero-order chi connectivity index (χ0) is 10.7. The third-order valence-electron chi connectivity index (χ3n) is 3.96. The zero-order valence-corrected chi connectivity index (χ0v) is 9.54. The minimum Gasteiger partial charge on any atom is -0.378 e. The van der Waals surface area contributed by atoms with E-state index in [4.69, 9.17) is 4.74 Å². The van der Waals surface area contributed by atoms with Gasteiger partial charge in [0.25, 0.3) is 0 Å². The molecule has 1 aliphatic carbocycles. The van der Waals surface area contributed by atoms with Gasteiger partial charge in [-0.05, 0) is 38.8 Å². The molecule has 0 N–H and O–H groups in total. The highest BCUT2D eigenvalue weighted by atomic mass is 16.5. The molecule has 2 aliphatic rings. The van der Waals surface area contributed by atoms with E-state index in [1.165, 1.54) is 25.7 Å². The van der Waals surface area contributed by atoms with Gasteiger partial charge in [-0.1, -0.05) is 12.8 Å². The Balaban J connectivity index is 2.20. The van der Waals surface area contributed by atoms with E-state index in [1.54, 1.807) is 7.11 Å². The van der Waals surface area contributed by atoms with Crippen molar-refractivity contribution < 1.29 is 4.74 Å². The second-order valence-electron chi connectivity index (χ2n) is 4.70. The molecule has 2 atom stereocenters. The largest absolute Gasteiger partial charge is 0.378 e. The molecule has 3 nitrogen and oxygen atoms in total. The van der Waals surface area contributed by atoms with Gasteiger partial charge < -0.3 is 4.74 Å². The van der Waals surface area contributed by atoms with E-state index in [1.807, 2.05) is 0 Å². The summed E-state index contributed by atoms with van der Waals surface area (Å²) < 4.78 is 5.55. The molecule has 1 saturated carbocycles. The molecule has 2 unspecified atom stereocenters. The minimum atomic E-state index is -0.316. The summed E-state index contributed by atoms with van der Waals surface area (Å²) in [6, 6.07) is 2.56. The van der Waals surface area contributed by atoms with Crippen molar-refractivity contribution in [2.45, 2.75) is 50.2 Å². The standard InChI is InChI=1S/C12H20N2O/c1-15-11-6-2-3-7-12(11,10-13)14-8-4-5-9-14/h11H,2-9H2,1H3. The van der Waals surface area contributed by atoms with E-state index in [0.29, 0.717) is 0 Å². The van der Waals surface area contributed by atoms with Crippen LogP contribution in [0.15, 0.2) is 0 Å². The molecule has 2 fully saturated rings. The summed E-state index contributed by atoms with van der Waals surface area (Å²) in [6.45, 7) is 2.15. The number of rotatable bonds is 2. The molecule has 0 spiro atoms. The molecule has 2 rings (SSSR count). The average Bonchev–Trinajstić information content (AvgIpc) is 2.82. The highest BCUT2D eigenvalue weighted by Crippen LogP contribution is 2.37. The van der Waals surface area contributed by atoms with Gasteiger partial charge in [-0.2, -0.15) is 5.26 Å². The van der Waals surface area contributed by atoms with E-state index >= 15 is 0 Å². The van der Waals surface area contributed by atoms with Crippen LogP contribution in [0.3, 0.4) is 0 Å². The van der Waals surface area contributed by atoms with Crippen LogP contribution in [-0.4, -0.2) is 36.7 Å². The second-order valence-corrected chi connectivity index (χ2v) is 4.70. The molecule has 84 valence electrons. The number of methoxy groups -OCH3 is 1. The van der Waals surface area contributed by atoms with E-state index < -0.39 is 0 Å². The average molecular weight is 208 g/mol. The molecule has 0 bridgehead atoms. The quantitative estimate of drug-likeness (QED) is 0.695. The number of hydrogen-bond donors (Lipinski definition) is 0. The van der Waals surface area contributed by atoms with Crippen molar-refractivity contribution in [3.8, 4) is 6.07 Å². The fraction of sp³-hybridized carbons (Fsp3) is 0.917. The van der Waals surface area contributed by atoms with E-state index in [9.17, 15) is 5.26 Å². The molecular weight excluding hydrogens is 188 g/mol. The number of nitrogens with zero attached hydrogens (tertiary/aromatic N) is 2. The number of nitriles is 1. The van der Waals surface area contributed by atoms with Crippen LogP contribution in [0, 0.1) is 11.3 Å². The van der Waals surface area contributed by atoms with Gasteiger partial charge in [-0.15, -0.1) is 0 Å². The van der Waals surface area contributed by atoms with E-state index in [-0.39, 0.29) is 11.6 Å². The molecule has 1 saturated heterocycles. The molecular formula is C12H20N2O. The van der Waals surface area contributed by atoms with Gasteiger partial charge in [-0.25, -0.2) is 0 Å². The number of ether oxygens (including phenoxy) is 1. The summed E-state index contributed by atoms with van der Waals surface area (Å²) in [6.07, 6.45) is 7.00. The van der Waals surface area contributed by atoms with E-state index in [0.717, 1.165) is 25.9 Å². The van der Waals surface area contributed by atoms with Gasteiger partial charge in [0.2, 0.25) is 0 Å². The van der Waals surface area contributed by atoms with Crippen molar-refractivity contribution in [2.24, 2.45) is 0 Å². The van der Waals surface area contributed by atoms with Crippen molar-refractivity contribution >= 4 is 0 Å². The summed E-state index contributed by atoms with van der Waals surface area (Å²) >= 11 is 0. The molecule has 15 heavy (non-hydrogen) atoms. The maximum absolute atomic E-state index is 9.53. The Morgan fingerprint density at radius 3 is 2.60 bits per heavy atom. The van der Waals surface area contributed by atoms with Gasteiger partial charge in [0.05, 0.1) is 12.2 Å². The molecule has 1 aliphatic heterocycles. The summed E-state index contributed by atoms with van der Waals surface area (Å²) in [5.41, 5.74) is -0.316. The Morgan fingerprint density at radius 2 is 2.00 bits per heavy atom. The first-order valence-electron chi connectivity index (χ1n) is 6.02. The molecule has 3 heteroatoms. The first-order chi connectivity index (χ1) is 7.33. The molecule has 0 aromatic rings. The van der Waals surface area contributed by atoms with Crippen LogP contribution in [0.1, 0.15) is 38.5 Å². The Hall–Kier alpha value is -0.590. The fourth-order valence-electron chi connectivity index (χ4n) is 3.11. The van der Waals surface area contributed by atoms with Gasteiger partial charge in [0.15, 0.2) is 0 Å². The van der Waals surface area contributed by atoms with E-state index in [2.05, 4.69) is 11.0 Å². The van der Waals surface area contributed by atoms with Crippen LogP contribution in [0.2, 0.25) is 0 Å². The first-order valence-corrected chi connectivity index (χ1v) is 6.02. The smallest absolute Gasteiger partial charge is 0.135 e. The second kappa shape index (κ2) is 4.51. The minimum absolute atomic E-state index is 0.120. The van der Waals surface area contributed by atoms with Crippen LogP contribution < -0.4 is 0 Å². The molecule has 0 aromatic heterocycles. The molecule has 0 aromatic carbocycles. The summed E-state index contributed by atoms with van der Waals surface area (Å²) in [5.74, 6) is 0. The third-order valence-corrected chi connectivity index (χ3v) is 3.96. The Labute approximate surface area is 92.0 Å². The maximum atomic E-state index is 9.53. The molecule has 0 amide bonds. The lowest BCUT2D eigenvalue weighted by molar-refractivity contribution is -0.0408. The van der Waals surface area contributed by atoms with Gasteiger partial charge in [0, 0.05) is 7.11 Å². The van der Waals surface area contributed by atoms with Crippen LogP contribution in [0.5, 0.6) is 0 Å². The van der Waals surface area contributed by atoms with Crippen molar-refractivity contribution in [1.29, 1.82) is 5.26 Å². The van der Waals surface area contributed by atoms with Gasteiger partial charge >= 0.3 is 0 Å². The van der Waals surface area contributed by atoms with Crippen molar-refractivity contribution in [3.63, 3.8) is 0 Å². The first kappa shape index (κ1) is 10.9. The summed E-state index contributed by atoms with van der Waals surface area (Å²) in [5, 5.41) is 9.53. The predicted octanol–water partition coefficient (Wildman–Crippen LogP) is 1.93. The Morgan fingerprint density at radius 1 is 1.27 bits per heavy atom. The highest BCUT2D eigenvalue weighted by molar-refractivity contribution is 5.15. The topological polar surface area (TPSA) is 36.3 Å². The summed E-state index contributed by atoms with van der Waals surface area (Å²) in [4.78, 5) is 2.36. The van der Waals surface area contributed by atoms with Crippen molar-refractivity contribution in [3.05, 3.63) is 0 Å². The molecule has 1 heterocycles. The zero-order valence-electron chi connectivity index (χ0n) is 9.54. The van der Waals surface area contributed by atoms with Crippen LogP contribution in [-0.2, 0) is 4.74 Å².